The van der Waals surface area contributed by atoms with Crippen molar-refractivity contribution in [1.29, 1.82) is 0 Å². The van der Waals surface area contributed by atoms with Gasteiger partial charge in [-0.05, 0) is 18.8 Å². The molecule has 3 N–H and O–H groups in total. The molecule has 1 aliphatic rings. The Morgan fingerprint density at radius 2 is 2.06 bits per heavy atom. The minimum absolute atomic E-state index is 0.0102. The number of nitrogens with one attached hydrogen (secondary N) is 2. The van der Waals surface area contributed by atoms with Crippen molar-refractivity contribution < 1.29 is 14.6 Å². The zero-order valence-electron chi connectivity index (χ0n) is 10.9. The van der Waals surface area contributed by atoms with Crippen molar-refractivity contribution in [3.8, 4) is 0 Å². The fourth-order valence-corrected chi connectivity index (χ4v) is 2.04. The number of hydrogen-bond acceptors (Lipinski definition) is 3. The number of aliphatic hydroxyl groups excluding tert-OH is 1. The van der Waals surface area contributed by atoms with Crippen LogP contribution in [0.25, 0.3) is 0 Å². The SMILES string of the molecule is O=C(N/C=C/C1CCCCC1)NCCOCCO. The first-order valence-corrected chi connectivity index (χ1v) is 6.72. The maximum absolute atomic E-state index is 11.3. The lowest BCUT2D eigenvalue weighted by molar-refractivity contribution is 0.0948. The highest BCUT2D eigenvalue weighted by molar-refractivity contribution is 5.74. The summed E-state index contributed by atoms with van der Waals surface area (Å²) in [4.78, 5) is 11.3. The second kappa shape index (κ2) is 9.91. The van der Waals surface area contributed by atoms with Gasteiger partial charge in [-0.15, -0.1) is 0 Å². The van der Waals surface area contributed by atoms with Gasteiger partial charge in [-0.2, -0.15) is 0 Å². The Morgan fingerprint density at radius 1 is 1.28 bits per heavy atom. The van der Waals surface area contributed by atoms with Crippen LogP contribution in [0.4, 0.5) is 4.79 Å². The van der Waals surface area contributed by atoms with Gasteiger partial charge in [0.25, 0.3) is 0 Å². The number of amides is 2. The van der Waals surface area contributed by atoms with Crippen molar-refractivity contribution in [2.75, 3.05) is 26.4 Å². The Kier molecular flexibility index (Phi) is 8.25. The largest absolute Gasteiger partial charge is 0.394 e. The highest BCUT2D eigenvalue weighted by atomic mass is 16.5. The van der Waals surface area contributed by atoms with Gasteiger partial charge >= 0.3 is 6.03 Å². The smallest absolute Gasteiger partial charge is 0.318 e. The van der Waals surface area contributed by atoms with Gasteiger partial charge in [0.15, 0.2) is 0 Å². The highest BCUT2D eigenvalue weighted by Gasteiger charge is 2.09. The molecule has 5 heteroatoms. The molecule has 2 amide bonds. The zero-order chi connectivity index (χ0) is 13.1. The number of urea groups is 1. The van der Waals surface area contributed by atoms with Crippen LogP contribution < -0.4 is 10.6 Å². The summed E-state index contributed by atoms with van der Waals surface area (Å²) in [6.45, 7) is 1.19. The summed E-state index contributed by atoms with van der Waals surface area (Å²) in [6, 6.07) is -0.213. The van der Waals surface area contributed by atoms with E-state index in [4.69, 9.17) is 9.84 Å². The maximum Gasteiger partial charge on any atom is 0.318 e. The lowest BCUT2D eigenvalue weighted by Crippen LogP contribution is -2.34. The normalized spacial score (nSPS) is 16.9. The lowest BCUT2D eigenvalue weighted by atomic mass is 9.89. The third kappa shape index (κ3) is 7.29. The fraction of sp³-hybridized carbons (Fsp3) is 0.769. The second-order valence-electron chi connectivity index (χ2n) is 4.49. The van der Waals surface area contributed by atoms with Gasteiger partial charge < -0.3 is 20.5 Å². The van der Waals surface area contributed by atoms with E-state index in [1.807, 2.05) is 0 Å². The van der Waals surface area contributed by atoms with Crippen LogP contribution in [-0.4, -0.2) is 37.5 Å². The van der Waals surface area contributed by atoms with E-state index in [2.05, 4.69) is 16.7 Å². The molecule has 0 radical (unpaired) electrons. The number of carbonyl (C=O) groups excluding carboxylic acids is 1. The predicted octanol–water partition coefficient (Wildman–Crippen LogP) is 1.39. The fourth-order valence-electron chi connectivity index (χ4n) is 2.04. The van der Waals surface area contributed by atoms with Crippen LogP contribution in [0, 0.1) is 5.92 Å². The molecule has 1 saturated carbocycles. The van der Waals surface area contributed by atoms with E-state index in [1.54, 1.807) is 6.20 Å². The molecule has 0 aliphatic heterocycles. The summed E-state index contributed by atoms with van der Waals surface area (Å²) in [5.74, 6) is 0.618. The van der Waals surface area contributed by atoms with E-state index in [9.17, 15) is 4.79 Å². The molecule has 18 heavy (non-hydrogen) atoms. The van der Waals surface area contributed by atoms with E-state index < -0.39 is 0 Å². The topological polar surface area (TPSA) is 70.6 Å². The molecule has 1 aliphatic carbocycles. The predicted molar refractivity (Wildman–Crippen MR) is 70.2 cm³/mol. The first kappa shape index (κ1) is 15.0. The van der Waals surface area contributed by atoms with Crippen LogP contribution in [0.2, 0.25) is 0 Å². The Bertz CT molecular complexity index is 251. The summed E-state index contributed by atoms with van der Waals surface area (Å²) in [5, 5.41) is 13.8. The summed E-state index contributed by atoms with van der Waals surface area (Å²) >= 11 is 0. The highest BCUT2D eigenvalue weighted by Crippen LogP contribution is 2.24. The van der Waals surface area contributed by atoms with Gasteiger partial charge in [0.2, 0.25) is 0 Å². The van der Waals surface area contributed by atoms with Gasteiger partial charge in [-0.3, -0.25) is 0 Å². The third-order valence-electron chi connectivity index (χ3n) is 3.00. The van der Waals surface area contributed by atoms with Crippen LogP contribution in [0.5, 0.6) is 0 Å². The van der Waals surface area contributed by atoms with E-state index in [0.717, 1.165) is 0 Å². The van der Waals surface area contributed by atoms with Crippen LogP contribution in [0.3, 0.4) is 0 Å². The van der Waals surface area contributed by atoms with Crippen molar-refractivity contribution in [2.24, 2.45) is 5.92 Å². The molecule has 0 aromatic heterocycles. The van der Waals surface area contributed by atoms with Gasteiger partial charge in [-0.25, -0.2) is 4.79 Å². The average Bonchev–Trinajstić information content (AvgIpc) is 2.40. The number of rotatable bonds is 7. The first-order valence-electron chi connectivity index (χ1n) is 6.72. The Labute approximate surface area is 109 Å². The van der Waals surface area contributed by atoms with Crippen LogP contribution in [0.15, 0.2) is 12.3 Å². The van der Waals surface area contributed by atoms with Crippen molar-refractivity contribution in [2.45, 2.75) is 32.1 Å². The molecule has 0 unspecified atom stereocenters. The number of hydrogen-bond donors (Lipinski definition) is 3. The molecule has 5 nitrogen and oxygen atoms in total. The summed E-state index contributed by atoms with van der Waals surface area (Å²) in [7, 11) is 0. The van der Waals surface area contributed by atoms with Crippen molar-refractivity contribution in [1.82, 2.24) is 10.6 Å². The zero-order valence-corrected chi connectivity index (χ0v) is 10.9. The number of ether oxygens (including phenoxy) is 1. The second-order valence-corrected chi connectivity index (χ2v) is 4.49. The molecule has 1 fully saturated rings. The quantitative estimate of drug-likeness (QED) is 0.603. The Morgan fingerprint density at radius 3 is 2.78 bits per heavy atom. The van der Waals surface area contributed by atoms with Crippen molar-refractivity contribution in [3.63, 3.8) is 0 Å². The van der Waals surface area contributed by atoms with Crippen LogP contribution in [0.1, 0.15) is 32.1 Å². The van der Waals surface area contributed by atoms with Crippen molar-refractivity contribution >= 4 is 6.03 Å². The first-order chi connectivity index (χ1) is 8.83. The van der Waals surface area contributed by atoms with E-state index in [1.165, 1.54) is 32.1 Å². The van der Waals surface area contributed by atoms with E-state index in [-0.39, 0.29) is 12.6 Å². The minimum atomic E-state index is -0.213. The van der Waals surface area contributed by atoms with Gasteiger partial charge in [-0.1, -0.05) is 25.3 Å². The molecular formula is C13H24N2O3. The summed E-state index contributed by atoms with van der Waals surface area (Å²) in [6.07, 6.45) is 10.2. The Balaban J connectivity index is 2.00. The van der Waals surface area contributed by atoms with Gasteiger partial charge in [0.1, 0.15) is 0 Å². The van der Waals surface area contributed by atoms with E-state index in [0.29, 0.717) is 25.7 Å². The maximum atomic E-state index is 11.3. The number of aliphatic hydroxyl groups is 1. The molecule has 0 saturated heterocycles. The van der Waals surface area contributed by atoms with Crippen LogP contribution in [-0.2, 0) is 4.74 Å². The lowest BCUT2D eigenvalue weighted by Gasteiger charge is -2.17. The van der Waals surface area contributed by atoms with E-state index >= 15 is 0 Å². The van der Waals surface area contributed by atoms with Crippen molar-refractivity contribution in [3.05, 3.63) is 12.3 Å². The van der Waals surface area contributed by atoms with Gasteiger partial charge in [0, 0.05) is 12.7 Å². The Hall–Kier alpha value is -1.07. The summed E-state index contributed by atoms with van der Waals surface area (Å²) < 4.78 is 5.02. The van der Waals surface area contributed by atoms with Crippen LogP contribution >= 0.6 is 0 Å². The molecule has 0 heterocycles. The molecule has 0 atom stereocenters. The molecule has 0 aromatic rings. The molecule has 104 valence electrons. The number of allylic oxidation sites excluding steroid dienone is 1. The molecular weight excluding hydrogens is 232 g/mol. The molecule has 0 bridgehead atoms. The number of carbonyl (C=O) groups is 1. The molecule has 0 spiro atoms. The standard InChI is InChI=1S/C13H24N2O3/c16-9-11-18-10-8-15-13(17)14-7-6-12-4-2-1-3-5-12/h6-7,12,16H,1-5,8-11H2,(H2,14,15,17)/b7-6+. The third-order valence-corrected chi connectivity index (χ3v) is 3.00. The molecule has 0 aromatic carbocycles. The average molecular weight is 256 g/mol. The van der Waals surface area contributed by atoms with Gasteiger partial charge in [0.05, 0.1) is 19.8 Å². The monoisotopic (exact) mass is 256 g/mol. The minimum Gasteiger partial charge on any atom is -0.394 e. The molecule has 1 rings (SSSR count). The summed E-state index contributed by atoms with van der Waals surface area (Å²) in [5.41, 5.74) is 0.